The molecule has 0 aliphatic rings. The summed E-state index contributed by atoms with van der Waals surface area (Å²) in [5, 5.41) is 0. The Labute approximate surface area is 138 Å². The molecule has 0 saturated heterocycles. The fourth-order valence-corrected chi connectivity index (χ4v) is 3.55. The van der Waals surface area contributed by atoms with E-state index in [-0.39, 0.29) is 0 Å². The monoisotopic (exact) mass is 309 g/mol. The minimum absolute atomic E-state index is 0.878. The maximum absolute atomic E-state index is 2.45. The lowest BCUT2D eigenvalue weighted by molar-refractivity contribution is 0.389. The molecule has 0 nitrogen and oxygen atoms in total. The first-order valence-corrected chi connectivity index (χ1v) is 10.4. The lowest BCUT2D eigenvalue weighted by Crippen LogP contribution is -2.00. The molecule has 0 aromatic heterocycles. The van der Waals surface area contributed by atoms with Crippen molar-refractivity contribution in [3.05, 3.63) is 11.6 Å². The Kier molecular flexibility index (Phi) is 13.6. The Bertz CT molecular complexity index is 255. The fraction of sp³-hybridized carbons (Fsp3) is 0.900. The smallest absolute Gasteiger partial charge is 0.0130 e. The molecular formula is C20H41Si. The Morgan fingerprint density at radius 2 is 1.29 bits per heavy atom. The normalized spacial score (nSPS) is 15.5. The van der Waals surface area contributed by atoms with Gasteiger partial charge in [0.1, 0.15) is 0 Å². The van der Waals surface area contributed by atoms with E-state index < -0.39 is 0 Å². The second kappa shape index (κ2) is 13.6. The number of allylic oxidation sites excluding steroid dienone is 2. The molecule has 1 heteroatoms. The molecule has 125 valence electrons. The predicted molar refractivity (Wildman–Crippen MR) is 102 cm³/mol. The minimum atomic E-state index is 0.878. The van der Waals surface area contributed by atoms with Gasteiger partial charge in [-0.05, 0) is 43.6 Å². The summed E-state index contributed by atoms with van der Waals surface area (Å²) in [6, 6.07) is 1.22. The first-order valence-electron chi connectivity index (χ1n) is 9.40. The van der Waals surface area contributed by atoms with E-state index in [1.54, 1.807) is 5.57 Å². The SMILES string of the molecule is CC(=CC[SiH2])CCCC(C)CCCC(C)CCCC(C)C. The molecule has 2 unspecified atom stereocenters. The largest absolute Gasteiger partial charge is 0.0891 e. The van der Waals surface area contributed by atoms with Gasteiger partial charge in [0.05, 0.1) is 0 Å². The van der Waals surface area contributed by atoms with Gasteiger partial charge >= 0.3 is 0 Å². The van der Waals surface area contributed by atoms with E-state index in [2.05, 4.69) is 40.7 Å². The summed E-state index contributed by atoms with van der Waals surface area (Å²) in [6.45, 7) is 11.9. The van der Waals surface area contributed by atoms with Crippen molar-refractivity contribution in [2.75, 3.05) is 0 Å². The molecule has 0 aromatic carbocycles. The third-order valence-corrected chi connectivity index (χ3v) is 4.92. The van der Waals surface area contributed by atoms with Crippen molar-refractivity contribution in [1.82, 2.24) is 0 Å². The molecule has 0 N–H and O–H groups in total. The van der Waals surface area contributed by atoms with E-state index in [0.717, 1.165) is 17.8 Å². The van der Waals surface area contributed by atoms with E-state index in [9.17, 15) is 0 Å². The Morgan fingerprint density at radius 1 is 0.810 bits per heavy atom. The molecule has 0 bridgehead atoms. The van der Waals surface area contributed by atoms with Gasteiger partial charge in [-0.1, -0.05) is 84.3 Å². The van der Waals surface area contributed by atoms with Gasteiger partial charge in [0.2, 0.25) is 0 Å². The van der Waals surface area contributed by atoms with E-state index in [1.165, 1.54) is 63.8 Å². The van der Waals surface area contributed by atoms with Crippen molar-refractivity contribution in [1.29, 1.82) is 0 Å². The highest BCUT2D eigenvalue weighted by Gasteiger charge is 2.06. The zero-order chi connectivity index (χ0) is 16.1. The van der Waals surface area contributed by atoms with Gasteiger partial charge in [0.15, 0.2) is 0 Å². The molecule has 0 aromatic rings. The van der Waals surface area contributed by atoms with E-state index in [4.69, 9.17) is 0 Å². The van der Waals surface area contributed by atoms with Crippen LogP contribution in [0.15, 0.2) is 11.6 Å². The quantitative estimate of drug-likeness (QED) is 0.272. The molecule has 0 aliphatic heterocycles. The zero-order valence-electron chi connectivity index (χ0n) is 15.6. The first-order chi connectivity index (χ1) is 9.95. The second-order valence-electron chi connectivity index (χ2n) is 7.70. The van der Waals surface area contributed by atoms with E-state index in [1.807, 2.05) is 10.2 Å². The van der Waals surface area contributed by atoms with Crippen LogP contribution in [0.2, 0.25) is 6.04 Å². The highest BCUT2D eigenvalue weighted by Crippen LogP contribution is 2.22. The van der Waals surface area contributed by atoms with Crippen molar-refractivity contribution < 1.29 is 0 Å². The average molecular weight is 310 g/mol. The van der Waals surface area contributed by atoms with Crippen LogP contribution in [0.3, 0.4) is 0 Å². The third-order valence-electron chi connectivity index (χ3n) is 4.63. The molecule has 0 amide bonds. The first kappa shape index (κ1) is 21.0. The molecule has 21 heavy (non-hydrogen) atoms. The van der Waals surface area contributed by atoms with Crippen LogP contribution in [0.1, 0.15) is 92.4 Å². The molecular weight excluding hydrogens is 268 g/mol. The highest BCUT2D eigenvalue weighted by molar-refractivity contribution is 6.09. The van der Waals surface area contributed by atoms with Crippen molar-refractivity contribution in [2.45, 2.75) is 98.5 Å². The third kappa shape index (κ3) is 14.7. The van der Waals surface area contributed by atoms with Crippen LogP contribution >= 0.6 is 0 Å². The van der Waals surface area contributed by atoms with Gasteiger partial charge in [-0.15, -0.1) is 0 Å². The van der Waals surface area contributed by atoms with Crippen LogP contribution in [0.4, 0.5) is 0 Å². The number of rotatable bonds is 13. The molecule has 2 atom stereocenters. The van der Waals surface area contributed by atoms with Crippen LogP contribution in [-0.4, -0.2) is 10.2 Å². The topological polar surface area (TPSA) is 0 Å². The summed E-state index contributed by atoms with van der Waals surface area (Å²) >= 11 is 0. The molecule has 0 spiro atoms. The molecule has 0 fully saturated rings. The Morgan fingerprint density at radius 3 is 1.76 bits per heavy atom. The minimum Gasteiger partial charge on any atom is -0.0891 e. The molecule has 0 aliphatic carbocycles. The average Bonchev–Trinajstić information content (AvgIpc) is 2.38. The summed E-state index contributed by atoms with van der Waals surface area (Å²) in [6.07, 6.45) is 15.1. The Hall–Kier alpha value is -0.0431. The second-order valence-corrected chi connectivity index (χ2v) is 8.27. The van der Waals surface area contributed by atoms with Crippen molar-refractivity contribution in [3.63, 3.8) is 0 Å². The molecule has 0 rings (SSSR count). The van der Waals surface area contributed by atoms with Crippen LogP contribution in [-0.2, 0) is 0 Å². The molecule has 1 radical (unpaired) electrons. The molecule has 0 saturated carbocycles. The maximum atomic E-state index is 2.45. The summed E-state index contributed by atoms with van der Waals surface area (Å²) in [4.78, 5) is 0. The van der Waals surface area contributed by atoms with Crippen molar-refractivity contribution in [2.24, 2.45) is 17.8 Å². The number of hydrogen-bond acceptors (Lipinski definition) is 0. The van der Waals surface area contributed by atoms with Gasteiger partial charge in [-0.3, -0.25) is 0 Å². The van der Waals surface area contributed by atoms with Gasteiger partial charge in [0, 0.05) is 10.2 Å². The van der Waals surface area contributed by atoms with Crippen LogP contribution in [0, 0.1) is 17.8 Å². The van der Waals surface area contributed by atoms with Crippen molar-refractivity contribution in [3.8, 4) is 0 Å². The zero-order valence-corrected chi connectivity index (χ0v) is 17.0. The number of hydrogen-bond donors (Lipinski definition) is 0. The summed E-state index contributed by atoms with van der Waals surface area (Å²) < 4.78 is 0. The standard InChI is InChI=1S/C20H41Si/c1-17(2)9-6-10-18(3)11-7-12-19(4)13-8-14-20(5)15-16-21/h15,17-19H,6-14,16,21H2,1-5H3. The maximum Gasteiger partial charge on any atom is 0.0130 e. The lowest BCUT2D eigenvalue weighted by Gasteiger charge is -2.15. The molecule has 0 heterocycles. The van der Waals surface area contributed by atoms with Crippen LogP contribution < -0.4 is 0 Å². The van der Waals surface area contributed by atoms with Gasteiger partial charge < -0.3 is 0 Å². The summed E-state index contributed by atoms with van der Waals surface area (Å²) in [5.41, 5.74) is 1.59. The summed E-state index contributed by atoms with van der Waals surface area (Å²) in [5.74, 6) is 2.73. The lowest BCUT2D eigenvalue weighted by atomic mass is 9.91. The summed E-state index contributed by atoms with van der Waals surface area (Å²) in [7, 11) is 2.05. The van der Waals surface area contributed by atoms with E-state index >= 15 is 0 Å². The predicted octanol–water partition coefficient (Wildman–Crippen LogP) is 6.42. The van der Waals surface area contributed by atoms with Gasteiger partial charge in [0.25, 0.3) is 0 Å². The van der Waals surface area contributed by atoms with Crippen LogP contribution in [0.25, 0.3) is 0 Å². The van der Waals surface area contributed by atoms with Gasteiger partial charge in [-0.25, -0.2) is 0 Å². The highest BCUT2D eigenvalue weighted by atomic mass is 28.1. The van der Waals surface area contributed by atoms with E-state index in [0.29, 0.717) is 0 Å². The van der Waals surface area contributed by atoms with Crippen molar-refractivity contribution >= 4 is 10.2 Å². The Balaban J connectivity index is 3.52. The fourth-order valence-electron chi connectivity index (χ4n) is 3.06. The van der Waals surface area contributed by atoms with Crippen LogP contribution in [0.5, 0.6) is 0 Å². The van der Waals surface area contributed by atoms with Gasteiger partial charge in [-0.2, -0.15) is 0 Å².